The van der Waals surface area contributed by atoms with Crippen molar-refractivity contribution in [2.75, 3.05) is 20.8 Å². The fourth-order valence-corrected chi connectivity index (χ4v) is 7.62. The van der Waals surface area contributed by atoms with E-state index in [2.05, 4.69) is 9.97 Å². The Morgan fingerprint density at radius 3 is 2.35 bits per heavy atom. The van der Waals surface area contributed by atoms with Crippen LogP contribution in [0.5, 0.6) is 11.5 Å². The zero-order valence-electron chi connectivity index (χ0n) is 19.7. The number of hydrogen-bond donors (Lipinski definition) is 2. The fourth-order valence-electron chi connectivity index (χ4n) is 3.78. The van der Waals surface area contributed by atoms with Crippen molar-refractivity contribution in [1.29, 1.82) is 0 Å². The second-order valence-electron chi connectivity index (χ2n) is 7.73. The van der Waals surface area contributed by atoms with Crippen LogP contribution in [0.15, 0.2) is 51.4 Å². The number of aliphatic hydroxyl groups is 1. The maximum Gasteiger partial charge on any atom is 0.375 e. The van der Waals surface area contributed by atoms with E-state index < -0.39 is 28.5 Å². The predicted octanol–water partition coefficient (Wildman–Crippen LogP) is 5.31. The molecule has 4 aromatic rings. The molecule has 2 atom stereocenters. The molecule has 1 N–H and O–H groups in total. The Morgan fingerprint density at radius 1 is 1.11 bits per heavy atom. The highest BCUT2D eigenvalue weighted by Gasteiger charge is 2.61. The molecule has 2 aromatic carbocycles. The molecular formula is C24H20N2O7S4. The lowest BCUT2D eigenvalue weighted by atomic mass is 9.99. The van der Waals surface area contributed by atoms with Crippen LogP contribution in [0.2, 0.25) is 0 Å². The summed E-state index contributed by atoms with van der Waals surface area (Å²) < 4.78 is 23.6. The Kier molecular flexibility index (Phi) is 6.96. The molecular weight excluding hydrogens is 557 g/mol. The number of cyclic esters (lactones) is 1. The van der Waals surface area contributed by atoms with Crippen molar-refractivity contribution in [3.63, 3.8) is 0 Å². The molecule has 0 amide bonds. The van der Waals surface area contributed by atoms with Gasteiger partial charge in [0, 0.05) is 12.1 Å². The number of hydrogen-bond acceptors (Lipinski definition) is 13. The molecule has 37 heavy (non-hydrogen) atoms. The first-order valence-corrected chi connectivity index (χ1v) is 13.9. The first kappa shape index (κ1) is 25.6. The molecule has 192 valence electrons. The largest absolute Gasteiger partial charge is 0.501 e. The number of aromatic nitrogens is 2. The minimum absolute atomic E-state index is 0.0231. The highest BCUT2D eigenvalue weighted by molar-refractivity contribution is 8.05. The maximum atomic E-state index is 13.5. The smallest absolute Gasteiger partial charge is 0.375 e. The van der Waals surface area contributed by atoms with Crippen molar-refractivity contribution in [2.45, 2.75) is 22.1 Å². The summed E-state index contributed by atoms with van der Waals surface area (Å²) in [6.45, 7) is 1.66. The third-order valence-electron chi connectivity index (χ3n) is 5.57. The molecule has 0 radical (unpaired) electrons. The SMILES string of the molecule is CCOC(=O)C1(C(S)c2nc3cc(OC)ccc3s2)OC(=O)C(O)=C1Sc1nc2cc(OC)ccc2s1. The predicted molar refractivity (Wildman–Crippen MR) is 145 cm³/mol. The van der Waals surface area contributed by atoms with Gasteiger partial charge in [-0.15, -0.1) is 22.7 Å². The topological polar surface area (TPSA) is 117 Å². The zero-order chi connectivity index (χ0) is 26.3. The zero-order valence-corrected chi connectivity index (χ0v) is 23.1. The van der Waals surface area contributed by atoms with Gasteiger partial charge in [0.2, 0.25) is 5.76 Å². The van der Waals surface area contributed by atoms with Crippen LogP contribution >= 0.6 is 47.1 Å². The van der Waals surface area contributed by atoms with Gasteiger partial charge < -0.3 is 24.1 Å². The molecule has 0 fully saturated rings. The molecule has 0 saturated heterocycles. The van der Waals surface area contributed by atoms with Gasteiger partial charge in [0.1, 0.15) is 21.8 Å². The number of benzene rings is 2. The number of esters is 2. The van der Waals surface area contributed by atoms with E-state index in [9.17, 15) is 14.7 Å². The van der Waals surface area contributed by atoms with Crippen molar-refractivity contribution < 1.29 is 33.6 Å². The van der Waals surface area contributed by atoms with Crippen molar-refractivity contribution in [2.24, 2.45) is 0 Å². The number of thiol groups is 1. The molecule has 0 bridgehead atoms. The Hall–Kier alpha value is -3.00. The lowest BCUT2D eigenvalue weighted by Crippen LogP contribution is -2.46. The van der Waals surface area contributed by atoms with Crippen LogP contribution in [0, 0.1) is 0 Å². The van der Waals surface area contributed by atoms with Gasteiger partial charge >= 0.3 is 11.9 Å². The molecule has 1 aliphatic rings. The maximum absolute atomic E-state index is 13.5. The molecule has 0 saturated carbocycles. The van der Waals surface area contributed by atoms with Gasteiger partial charge in [-0.25, -0.2) is 19.6 Å². The Balaban J connectivity index is 1.60. The normalized spacial score (nSPS) is 18.3. The highest BCUT2D eigenvalue weighted by Crippen LogP contribution is 2.53. The highest BCUT2D eigenvalue weighted by atomic mass is 32.2. The van der Waals surface area contributed by atoms with Crippen LogP contribution in [0.4, 0.5) is 0 Å². The van der Waals surface area contributed by atoms with Crippen molar-refractivity contribution in [3.05, 3.63) is 52.1 Å². The van der Waals surface area contributed by atoms with Crippen LogP contribution in [0.1, 0.15) is 17.2 Å². The van der Waals surface area contributed by atoms with Gasteiger partial charge in [-0.05, 0) is 31.2 Å². The van der Waals surface area contributed by atoms with E-state index in [1.807, 2.05) is 18.2 Å². The first-order chi connectivity index (χ1) is 17.8. The summed E-state index contributed by atoms with van der Waals surface area (Å²) in [5.74, 6) is -1.36. The second-order valence-corrected chi connectivity index (χ2v) is 11.6. The van der Waals surface area contributed by atoms with Crippen LogP contribution < -0.4 is 9.47 Å². The average molecular weight is 577 g/mol. The van der Waals surface area contributed by atoms with Crippen LogP contribution in [-0.2, 0) is 19.1 Å². The summed E-state index contributed by atoms with van der Waals surface area (Å²) in [6.07, 6.45) is 0. The van der Waals surface area contributed by atoms with Crippen LogP contribution in [-0.4, -0.2) is 53.4 Å². The number of carbonyl (C=O) groups excluding carboxylic acids is 2. The lowest BCUT2D eigenvalue weighted by molar-refractivity contribution is -0.172. The van der Waals surface area contributed by atoms with Crippen LogP contribution in [0.3, 0.4) is 0 Å². The molecule has 0 aliphatic carbocycles. The lowest BCUT2D eigenvalue weighted by Gasteiger charge is -2.31. The summed E-state index contributed by atoms with van der Waals surface area (Å²) in [6, 6.07) is 10.8. The molecule has 2 unspecified atom stereocenters. The van der Waals surface area contributed by atoms with Crippen molar-refractivity contribution in [3.8, 4) is 11.5 Å². The molecule has 2 aromatic heterocycles. The minimum atomic E-state index is -2.07. The molecule has 5 rings (SSSR count). The average Bonchev–Trinajstić information content (AvgIpc) is 3.58. The quantitative estimate of drug-likeness (QED) is 0.211. The number of rotatable bonds is 8. The number of carbonyl (C=O) groups is 2. The number of methoxy groups -OCH3 is 2. The summed E-state index contributed by atoms with van der Waals surface area (Å²) in [5, 5.41) is 10.1. The number of thiazole rings is 2. The van der Waals surface area contributed by atoms with E-state index in [4.69, 9.17) is 31.6 Å². The summed E-state index contributed by atoms with van der Waals surface area (Å²) in [4.78, 5) is 35.3. The Labute approximate surface area is 228 Å². The number of thioether (sulfide) groups is 1. The summed E-state index contributed by atoms with van der Waals surface area (Å²) in [7, 11) is 3.12. The van der Waals surface area contributed by atoms with Gasteiger partial charge in [0.25, 0.3) is 5.60 Å². The van der Waals surface area contributed by atoms with Gasteiger partial charge in [-0.2, -0.15) is 12.6 Å². The Bertz CT molecular complexity index is 1560. The van der Waals surface area contributed by atoms with E-state index in [-0.39, 0.29) is 11.5 Å². The fraction of sp³-hybridized carbons (Fsp3) is 0.250. The van der Waals surface area contributed by atoms with Crippen LogP contribution in [0.25, 0.3) is 20.4 Å². The number of nitrogens with zero attached hydrogens (tertiary/aromatic N) is 2. The third-order valence-corrected chi connectivity index (χ3v) is 9.75. The molecule has 13 heteroatoms. The Morgan fingerprint density at radius 2 is 1.73 bits per heavy atom. The van der Waals surface area contributed by atoms with Gasteiger partial charge in [-0.3, -0.25) is 0 Å². The summed E-state index contributed by atoms with van der Waals surface area (Å²) >= 11 is 8.29. The van der Waals surface area contributed by atoms with E-state index in [1.54, 1.807) is 39.3 Å². The third kappa shape index (κ3) is 4.39. The number of ether oxygens (including phenoxy) is 4. The first-order valence-electron chi connectivity index (χ1n) is 10.9. The van der Waals surface area contributed by atoms with E-state index in [1.165, 1.54) is 22.7 Å². The van der Waals surface area contributed by atoms with Crippen molar-refractivity contribution in [1.82, 2.24) is 9.97 Å². The minimum Gasteiger partial charge on any atom is -0.501 e. The van der Waals surface area contributed by atoms with Gasteiger partial charge in [-0.1, -0.05) is 11.8 Å². The van der Waals surface area contributed by atoms with E-state index >= 15 is 0 Å². The standard InChI is InChI=1S/C24H20N2O7S4/c1-4-32-22(29)24(18(34)20-25-13-9-11(30-2)5-7-15(13)35-20)19(17(27)21(28)33-24)37-23-26-14-10-12(31-3)6-8-16(14)36-23/h5-10,18,27,34H,4H2,1-3H3. The van der Waals surface area contributed by atoms with E-state index in [0.717, 1.165) is 21.2 Å². The monoisotopic (exact) mass is 576 g/mol. The second kappa shape index (κ2) is 10.0. The molecule has 3 heterocycles. The molecule has 0 spiro atoms. The van der Waals surface area contributed by atoms with Gasteiger partial charge in [0.05, 0.1) is 46.2 Å². The summed E-state index contributed by atoms with van der Waals surface area (Å²) in [5.41, 5.74) is -0.774. The molecule has 1 aliphatic heterocycles. The number of aliphatic hydroxyl groups excluding tert-OH is 1. The molecule has 9 nitrogen and oxygen atoms in total. The van der Waals surface area contributed by atoms with Gasteiger partial charge in [0.15, 0.2) is 4.34 Å². The number of fused-ring (bicyclic) bond motifs is 2. The van der Waals surface area contributed by atoms with Crippen molar-refractivity contribution >= 4 is 79.4 Å². The van der Waals surface area contributed by atoms with E-state index in [0.29, 0.717) is 31.9 Å².